The molecule has 0 saturated heterocycles. The molecule has 3 heterocycles. The molecule has 0 spiro atoms. The van der Waals surface area contributed by atoms with Crippen LogP contribution in [0.3, 0.4) is 0 Å². The van der Waals surface area contributed by atoms with E-state index in [0.29, 0.717) is 32.0 Å². The summed E-state index contributed by atoms with van der Waals surface area (Å²) in [5.74, 6) is 0.916. The molecule has 2 aromatic heterocycles. The minimum atomic E-state index is -0.00154. The van der Waals surface area contributed by atoms with E-state index in [9.17, 15) is 4.79 Å². The molecule has 1 fully saturated rings. The number of thiazole rings is 1. The van der Waals surface area contributed by atoms with Gasteiger partial charge >= 0.3 is 0 Å². The van der Waals surface area contributed by atoms with Crippen molar-refractivity contribution < 1.29 is 9.53 Å². The molecule has 0 bridgehead atoms. The highest BCUT2D eigenvalue weighted by Crippen LogP contribution is 2.33. The quantitative estimate of drug-likeness (QED) is 0.806. The van der Waals surface area contributed by atoms with Gasteiger partial charge in [-0.2, -0.15) is 5.10 Å². The molecule has 1 unspecified atom stereocenters. The number of aromatic nitrogens is 3. The molecular weight excluding hydrogens is 324 g/mol. The molecule has 0 N–H and O–H groups in total. The van der Waals surface area contributed by atoms with E-state index < -0.39 is 0 Å². The summed E-state index contributed by atoms with van der Waals surface area (Å²) in [7, 11) is 0. The van der Waals surface area contributed by atoms with Crippen molar-refractivity contribution in [2.24, 2.45) is 5.92 Å². The number of nitrogens with zero attached hydrogens (tertiary/aromatic N) is 4. The lowest BCUT2D eigenvalue weighted by Gasteiger charge is -2.31. The van der Waals surface area contributed by atoms with Gasteiger partial charge in [-0.25, -0.2) is 4.98 Å². The molecule has 7 heteroatoms. The van der Waals surface area contributed by atoms with Gasteiger partial charge in [0.1, 0.15) is 5.69 Å². The van der Waals surface area contributed by atoms with Gasteiger partial charge < -0.3 is 9.64 Å². The van der Waals surface area contributed by atoms with Crippen LogP contribution in [0.1, 0.15) is 47.4 Å². The third-order valence-corrected chi connectivity index (χ3v) is 5.25. The van der Waals surface area contributed by atoms with Gasteiger partial charge in [0.25, 0.3) is 5.91 Å². The second-order valence-electron chi connectivity index (χ2n) is 6.62. The van der Waals surface area contributed by atoms with Crippen molar-refractivity contribution in [1.82, 2.24) is 19.7 Å². The van der Waals surface area contributed by atoms with Crippen molar-refractivity contribution in [2.75, 3.05) is 19.8 Å². The van der Waals surface area contributed by atoms with Crippen molar-refractivity contribution in [2.45, 2.75) is 38.8 Å². The van der Waals surface area contributed by atoms with Crippen LogP contribution in [0.25, 0.3) is 0 Å². The summed E-state index contributed by atoms with van der Waals surface area (Å²) >= 11 is 1.45. The van der Waals surface area contributed by atoms with E-state index >= 15 is 0 Å². The summed E-state index contributed by atoms with van der Waals surface area (Å²) in [6, 6.07) is 0. The van der Waals surface area contributed by atoms with Gasteiger partial charge in [-0.05, 0) is 25.7 Å². The van der Waals surface area contributed by atoms with Gasteiger partial charge in [0.15, 0.2) is 0 Å². The predicted molar refractivity (Wildman–Crippen MR) is 91.0 cm³/mol. The average molecular weight is 346 g/mol. The van der Waals surface area contributed by atoms with E-state index in [1.807, 2.05) is 17.2 Å². The van der Waals surface area contributed by atoms with Gasteiger partial charge in [-0.15, -0.1) is 11.3 Å². The zero-order valence-electron chi connectivity index (χ0n) is 13.9. The fourth-order valence-corrected chi connectivity index (χ4v) is 3.78. The zero-order chi connectivity index (χ0) is 16.5. The van der Waals surface area contributed by atoms with E-state index in [4.69, 9.17) is 9.84 Å². The summed E-state index contributed by atoms with van der Waals surface area (Å²) in [5.41, 5.74) is 4.49. The predicted octanol–water partition coefficient (Wildman–Crippen LogP) is 2.53. The van der Waals surface area contributed by atoms with Crippen LogP contribution in [0.2, 0.25) is 0 Å². The second-order valence-corrected chi connectivity index (χ2v) is 7.34. The highest BCUT2D eigenvalue weighted by Gasteiger charge is 2.33. The van der Waals surface area contributed by atoms with Crippen LogP contribution in [0.4, 0.5) is 0 Å². The first-order valence-electron chi connectivity index (χ1n) is 8.56. The Labute approximate surface area is 145 Å². The van der Waals surface area contributed by atoms with Crippen molar-refractivity contribution in [1.29, 1.82) is 0 Å². The number of carbonyl (C=O) groups excluding carboxylic acids is 1. The Hall–Kier alpha value is -1.73. The molecule has 2 aliphatic rings. The topological polar surface area (TPSA) is 60.2 Å². The van der Waals surface area contributed by atoms with Crippen molar-refractivity contribution in [3.63, 3.8) is 0 Å². The van der Waals surface area contributed by atoms with E-state index in [1.165, 1.54) is 24.2 Å². The SMILES string of the molecule is CCOCC1CN(C(=O)c2cscn2)Cc2cn(CC3CC3)nc21. The summed E-state index contributed by atoms with van der Waals surface area (Å²) in [6.45, 7) is 5.52. The Morgan fingerprint density at radius 1 is 1.46 bits per heavy atom. The highest BCUT2D eigenvalue weighted by molar-refractivity contribution is 7.07. The van der Waals surface area contributed by atoms with Crippen LogP contribution < -0.4 is 0 Å². The molecule has 1 aliphatic heterocycles. The first kappa shape index (κ1) is 15.8. The normalized spacial score (nSPS) is 20.2. The number of hydrogen-bond acceptors (Lipinski definition) is 5. The molecule has 4 rings (SSSR count). The van der Waals surface area contributed by atoms with E-state index in [1.54, 1.807) is 5.51 Å². The van der Waals surface area contributed by atoms with Crippen LogP contribution >= 0.6 is 11.3 Å². The largest absolute Gasteiger partial charge is 0.381 e. The van der Waals surface area contributed by atoms with Gasteiger partial charge in [0.05, 0.1) is 17.8 Å². The molecule has 1 saturated carbocycles. The lowest BCUT2D eigenvalue weighted by molar-refractivity contribution is 0.0647. The van der Waals surface area contributed by atoms with Crippen molar-refractivity contribution in [3.8, 4) is 0 Å². The van der Waals surface area contributed by atoms with Gasteiger partial charge in [0.2, 0.25) is 0 Å². The number of hydrogen-bond donors (Lipinski definition) is 0. The molecule has 6 nitrogen and oxygen atoms in total. The lowest BCUT2D eigenvalue weighted by atomic mass is 9.97. The molecule has 1 amide bonds. The van der Waals surface area contributed by atoms with Crippen LogP contribution in [-0.4, -0.2) is 45.3 Å². The Kier molecular flexibility index (Phi) is 4.37. The van der Waals surface area contributed by atoms with Crippen LogP contribution in [0.5, 0.6) is 0 Å². The fourth-order valence-electron chi connectivity index (χ4n) is 3.25. The molecule has 2 aromatic rings. The van der Waals surface area contributed by atoms with Gasteiger partial charge in [0, 0.05) is 49.3 Å². The Bertz CT molecular complexity index is 708. The molecule has 24 heavy (non-hydrogen) atoms. The Morgan fingerprint density at radius 2 is 2.33 bits per heavy atom. The lowest BCUT2D eigenvalue weighted by Crippen LogP contribution is -2.39. The number of carbonyl (C=O) groups is 1. The highest BCUT2D eigenvalue weighted by atomic mass is 32.1. The smallest absolute Gasteiger partial charge is 0.273 e. The molecule has 0 radical (unpaired) electrons. The number of rotatable bonds is 6. The van der Waals surface area contributed by atoms with Crippen LogP contribution in [0.15, 0.2) is 17.1 Å². The number of ether oxygens (including phenoxy) is 1. The molecule has 1 atom stereocenters. The number of fused-ring (bicyclic) bond motifs is 1. The minimum absolute atomic E-state index is 0.00154. The van der Waals surface area contributed by atoms with Gasteiger partial charge in [-0.1, -0.05) is 0 Å². The molecule has 1 aliphatic carbocycles. The molecular formula is C17H22N4O2S. The molecule has 0 aromatic carbocycles. The summed E-state index contributed by atoms with van der Waals surface area (Å²) in [5, 5.41) is 6.62. The first-order chi connectivity index (χ1) is 11.7. The monoisotopic (exact) mass is 346 g/mol. The van der Waals surface area contributed by atoms with E-state index in [-0.39, 0.29) is 11.8 Å². The van der Waals surface area contributed by atoms with E-state index in [0.717, 1.165) is 23.7 Å². The summed E-state index contributed by atoms with van der Waals surface area (Å²) in [4.78, 5) is 18.7. The second kappa shape index (κ2) is 6.64. The van der Waals surface area contributed by atoms with Crippen molar-refractivity contribution in [3.05, 3.63) is 34.0 Å². The fraction of sp³-hybridized carbons (Fsp3) is 0.588. The maximum absolute atomic E-state index is 12.7. The van der Waals surface area contributed by atoms with Crippen LogP contribution in [-0.2, 0) is 17.8 Å². The van der Waals surface area contributed by atoms with E-state index in [2.05, 4.69) is 15.9 Å². The summed E-state index contributed by atoms with van der Waals surface area (Å²) < 4.78 is 7.72. The Balaban J connectivity index is 1.57. The molecule has 128 valence electrons. The zero-order valence-corrected chi connectivity index (χ0v) is 14.7. The maximum Gasteiger partial charge on any atom is 0.273 e. The first-order valence-corrected chi connectivity index (χ1v) is 9.50. The van der Waals surface area contributed by atoms with Gasteiger partial charge in [-0.3, -0.25) is 9.48 Å². The van der Waals surface area contributed by atoms with Crippen molar-refractivity contribution >= 4 is 17.2 Å². The van der Waals surface area contributed by atoms with Crippen LogP contribution in [0, 0.1) is 5.92 Å². The third kappa shape index (κ3) is 3.23. The maximum atomic E-state index is 12.7. The Morgan fingerprint density at radius 3 is 3.04 bits per heavy atom. The minimum Gasteiger partial charge on any atom is -0.381 e. The summed E-state index contributed by atoms with van der Waals surface area (Å²) in [6.07, 6.45) is 4.73. The standard InChI is InChI=1S/C17H22N4O2S/c1-2-23-9-14-7-20(17(22)15-10-24-11-18-15)6-13-8-21(19-16(13)14)5-12-3-4-12/h8,10-12,14H,2-7,9H2,1H3. The number of amides is 1. The third-order valence-electron chi connectivity index (χ3n) is 4.66. The average Bonchev–Trinajstić information content (AvgIpc) is 3.08.